The van der Waals surface area contributed by atoms with E-state index in [1.807, 2.05) is 69.1 Å². The van der Waals surface area contributed by atoms with Gasteiger partial charge in [0.25, 0.3) is 0 Å². The molecule has 0 spiro atoms. The summed E-state index contributed by atoms with van der Waals surface area (Å²) in [4.78, 5) is 44.1. The van der Waals surface area contributed by atoms with E-state index in [1.165, 1.54) is 6.20 Å². The van der Waals surface area contributed by atoms with Crippen LogP contribution in [0.4, 0.5) is 21.6 Å². The summed E-state index contributed by atoms with van der Waals surface area (Å²) < 4.78 is 0. The van der Waals surface area contributed by atoms with E-state index in [0.29, 0.717) is 17.2 Å². The Hall–Kier alpha value is -4.47. The Kier molecular flexibility index (Phi) is 4.66. The van der Waals surface area contributed by atoms with Crippen LogP contribution < -0.4 is 9.80 Å². The molecule has 1 aliphatic carbocycles. The number of hydrogen-bond donors (Lipinski definition) is 0. The lowest BCUT2D eigenvalue weighted by Gasteiger charge is -2.22. The molecule has 7 rings (SSSR count). The van der Waals surface area contributed by atoms with Crippen LogP contribution in [0.15, 0.2) is 101 Å². The Labute approximate surface area is 213 Å². The maximum atomic E-state index is 13.0. The summed E-state index contributed by atoms with van der Waals surface area (Å²) in [6.07, 6.45) is 4.91. The Balaban J connectivity index is 1.46. The lowest BCUT2D eigenvalue weighted by atomic mass is 10.1. The average Bonchev–Trinajstić information content (AvgIpc) is 3.70. The molecule has 1 aromatic carbocycles. The van der Waals surface area contributed by atoms with Crippen LogP contribution in [0.3, 0.4) is 0 Å². The highest BCUT2D eigenvalue weighted by Gasteiger charge is 2.38. The van der Waals surface area contributed by atoms with E-state index in [9.17, 15) is 9.59 Å². The molecule has 0 unspecified atom stereocenters. The number of Topliss-reactive ketones (excluding diaryl/α,β-unsaturated/α-hetero) is 2. The third-order valence-electron chi connectivity index (χ3n) is 6.03. The number of nitrogens with zero attached hydrogens (tertiary/aromatic N) is 5. The van der Waals surface area contributed by atoms with E-state index in [0.717, 1.165) is 26.9 Å². The molecule has 1 aliphatic heterocycles. The molecule has 9 heteroatoms. The van der Waals surface area contributed by atoms with Crippen molar-refractivity contribution in [2.75, 3.05) is 9.80 Å². The van der Waals surface area contributed by atoms with Crippen LogP contribution in [-0.2, 0) is 0 Å². The molecule has 0 bridgehead atoms. The summed E-state index contributed by atoms with van der Waals surface area (Å²) in [5, 5.41) is 5.89. The van der Waals surface area contributed by atoms with Gasteiger partial charge in [-0.2, -0.15) is 0 Å². The van der Waals surface area contributed by atoms with Gasteiger partial charge in [0.05, 0.1) is 22.2 Å². The van der Waals surface area contributed by atoms with E-state index in [1.54, 1.807) is 47.0 Å². The molecule has 36 heavy (non-hydrogen) atoms. The number of benzene rings is 1. The Morgan fingerprint density at radius 1 is 0.694 bits per heavy atom. The topological polar surface area (TPSA) is 79.3 Å². The molecule has 7 nitrogen and oxygen atoms in total. The first-order chi connectivity index (χ1) is 17.7. The first-order valence-corrected chi connectivity index (χ1v) is 12.9. The second-order valence-electron chi connectivity index (χ2n) is 8.10. The molecule has 0 saturated heterocycles. The van der Waals surface area contributed by atoms with Gasteiger partial charge in [0.2, 0.25) is 5.78 Å². The van der Waals surface area contributed by atoms with Gasteiger partial charge in [0.1, 0.15) is 21.5 Å². The zero-order valence-corrected chi connectivity index (χ0v) is 20.2. The van der Waals surface area contributed by atoms with Crippen LogP contribution in [0.5, 0.6) is 0 Å². The van der Waals surface area contributed by atoms with Crippen molar-refractivity contribution in [3.05, 3.63) is 112 Å². The predicted octanol–water partition coefficient (Wildman–Crippen LogP) is 6.28. The van der Waals surface area contributed by atoms with Gasteiger partial charge in [-0.05, 0) is 71.4 Å². The predicted molar refractivity (Wildman–Crippen MR) is 142 cm³/mol. The van der Waals surface area contributed by atoms with Crippen LogP contribution in [0.1, 0.15) is 20.8 Å². The number of anilines is 4. The SMILES string of the molecule is O=C1/C(=C/C=C2N(c3cccs3)c3nc4ccccc4nc3N2c2cccs2)C(=O)c2ncccc21. The highest BCUT2D eigenvalue weighted by atomic mass is 32.1. The van der Waals surface area contributed by atoms with Crippen molar-refractivity contribution in [2.24, 2.45) is 0 Å². The molecule has 172 valence electrons. The van der Waals surface area contributed by atoms with Crippen molar-refractivity contribution in [2.45, 2.75) is 0 Å². The van der Waals surface area contributed by atoms with Crippen molar-refractivity contribution in [3.63, 3.8) is 0 Å². The molecular weight excluding hydrogens is 490 g/mol. The minimum atomic E-state index is -0.365. The van der Waals surface area contributed by atoms with Crippen molar-refractivity contribution >= 4 is 66.9 Å². The molecular formula is C27H15N5O2S2. The monoisotopic (exact) mass is 505 g/mol. The van der Waals surface area contributed by atoms with Gasteiger partial charge in [-0.3, -0.25) is 24.4 Å². The molecule has 5 heterocycles. The van der Waals surface area contributed by atoms with E-state index in [-0.39, 0.29) is 22.8 Å². The molecule has 0 atom stereocenters. The number of pyridine rings is 1. The molecule has 0 amide bonds. The largest absolute Gasteiger partial charge is 0.288 e. The third kappa shape index (κ3) is 3.07. The standard InChI is InChI=1S/C27H15N5O2S2/c33-24-16-6-3-13-28-23(16)25(34)17(24)11-12-20-31(21-9-4-14-35-21)26-27(32(20)22-10-5-15-36-22)30-19-8-2-1-7-18(19)29-26/h1-15H/b17-11-. The van der Waals surface area contributed by atoms with Gasteiger partial charge >= 0.3 is 0 Å². The number of thiophene rings is 2. The van der Waals surface area contributed by atoms with Gasteiger partial charge in [0.15, 0.2) is 17.4 Å². The van der Waals surface area contributed by atoms with Gasteiger partial charge in [0, 0.05) is 6.20 Å². The van der Waals surface area contributed by atoms with Crippen LogP contribution >= 0.6 is 22.7 Å². The summed E-state index contributed by atoms with van der Waals surface area (Å²) in [5.74, 6) is 1.41. The number of fused-ring (bicyclic) bond motifs is 3. The van der Waals surface area contributed by atoms with Crippen LogP contribution in [0, 0.1) is 0 Å². The molecule has 5 aromatic rings. The summed E-state index contributed by atoms with van der Waals surface area (Å²) in [6, 6.07) is 19.0. The highest BCUT2D eigenvalue weighted by molar-refractivity contribution is 7.14. The van der Waals surface area contributed by atoms with Crippen LogP contribution in [0.2, 0.25) is 0 Å². The fraction of sp³-hybridized carbons (Fsp3) is 0. The van der Waals surface area contributed by atoms with Gasteiger partial charge < -0.3 is 0 Å². The van der Waals surface area contributed by atoms with Gasteiger partial charge in [-0.1, -0.05) is 12.1 Å². The first-order valence-electron chi connectivity index (χ1n) is 11.1. The number of rotatable bonds is 3. The normalized spacial score (nSPS) is 15.8. The van der Waals surface area contributed by atoms with Gasteiger partial charge in [-0.15, -0.1) is 22.7 Å². The summed E-state index contributed by atoms with van der Waals surface area (Å²) >= 11 is 3.14. The Bertz CT molecular complexity index is 1620. The minimum Gasteiger partial charge on any atom is -0.288 e. The van der Waals surface area contributed by atoms with E-state index < -0.39 is 0 Å². The fourth-order valence-corrected chi connectivity index (χ4v) is 5.91. The summed E-state index contributed by atoms with van der Waals surface area (Å²) in [5.41, 5.74) is 2.19. The number of carbonyl (C=O) groups is 2. The molecule has 2 aliphatic rings. The molecule has 0 N–H and O–H groups in total. The third-order valence-corrected chi connectivity index (χ3v) is 7.73. The van der Waals surface area contributed by atoms with Crippen molar-refractivity contribution in [1.82, 2.24) is 15.0 Å². The zero-order chi connectivity index (χ0) is 24.2. The number of ketones is 2. The second-order valence-corrected chi connectivity index (χ2v) is 9.95. The first kappa shape index (κ1) is 20.9. The lowest BCUT2D eigenvalue weighted by Crippen LogP contribution is -2.20. The minimum absolute atomic E-state index is 0.0931. The van der Waals surface area contributed by atoms with E-state index in [4.69, 9.17) is 9.97 Å². The molecule has 0 radical (unpaired) electrons. The summed E-state index contributed by atoms with van der Waals surface area (Å²) in [7, 11) is 0. The number of hydrogen-bond acceptors (Lipinski definition) is 9. The average molecular weight is 506 g/mol. The highest BCUT2D eigenvalue weighted by Crippen LogP contribution is 2.50. The number of carbonyl (C=O) groups excluding carboxylic acids is 2. The second kappa shape index (κ2) is 8.04. The number of aromatic nitrogens is 3. The number of allylic oxidation sites excluding steroid dienone is 3. The van der Waals surface area contributed by atoms with Crippen molar-refractivity contribution in [3.8, 4) is 0 Å². The van der Waals surface area contributed by atoms with Crippen molar-refractivity contribution < 1.29 is 9.59 Å². The lowest BCUT2D eigenvalue weighted by molar-refractivity contribution is 0.0987. The van der Waals surface area contributed by atoms with Crippen LogP contribution in [-0.4, -0.2) is 26.5 Å². The Morgan fingerprint density at radius 2 is 1.33 bits per heavy atom. The fourth-order valence-electron chi connectivity index (χ4n) is 4.43. The quantitative estimate of drug-likeness (QED) is 0.211. The van der Waals surface area contributed by atoms with E-state index >= 15 is 0 Å². The zero-order valence-electron chi connectivity index (χ0n) is 18.5. The Morgan fingerprint density at radius 3 is 1.89 bits per heavy atom. The molecule has 0 fully saturated rings. The smallest absolute Gasteiger partial charge is 0.216 e. The van der Waals surface area contributed by atoms with Crippen molar-refractivity contribution in [1.29, 1.82) is 0 Å². The van der Waals surface area contributed by atoms with Gasteiger partial charge in [-0.25, -0.2) is 9.97 Å². The summed E-state index contributed by atoms with van der Waals surface area (Å²) in [6.45, 7) is 0. The maximum absolute atomic E-state index is 13.0. The van der Waals surface area contributed by atoms with E-state index in [2.05, 4.69) is 4.98 Å². The van der Waals surface area contributed by atoms with Crippen LogP contribution in [0.25, 0.3) is 11.0 Å². The molecule has 4 aromatic heterocycles. The maximum Gasteiger partial charge on any atom is 0.216 e. The number of para-hydroxylation sites is 2. The molecule has 0 saturated carbocycles.